The van der Waals surface area contributed by atoms with Gasteiger partial charge in [0.25, 0.3) is 0 Å². The summed E-state index contributed by atoms with van der Waals surface area (Å²) in [6.07, 6.45) is 6.68. The second-order valence-corrected chi connectivity index (χ2v) is 9.10. The largest absolute Gasteiger partial charge is 0.478 e. The van der Waals surface area contributed by atoms with Gasteiger partial charge in [-0.2, -0.15) is 4.68 Å². The fourth-order valence-electron chi connectivity index (χ4n) is 4.48. The molecule has 0 saturated heterocycles. The number of hydrogen-bond acceptors (Lipinski definition) is 7. The Bertz CT molecular complexity index is 1540. The van der Waals surface area contributed by atoms with Gasteiger partial charge >= 0.3 is 5.97 Å². The van der Waals surface area contributed by atoms with Crippen LogP contribution >= 0.6 is 11.6 Å². The standard InChI is InChI=1S/C27H21ClN6O4/c28-20-8-9-23(34-16-30-31-32-34)19(15-20)7-10-25(36)33-13-11-22-21(2-1-12-29-22)26(33)24(35)14-17-3-5-18(6-4-17)27(37)38/h1-10,12,15-16,26H,11,13-14H2,(H,37,38)/b10-7+. The number of aromatic nitrogens is 5. The molecule has 1 aliphatic rings. The van der Waals surface area contributed by atoms with Gasteiger partial charge in [0.05, 0.1) is 11.3 Å². The predicted molar refractivity (Wildman–Crippen MR) is 138 cm³/mol. The van der Waals surface area contributed by atoms with E-state index >= 15 is 0 Å². The van der Waals surface area contributed by atoms with Gasteiger partial charge in [-0.3, -0.25) is 14.6 Å². The molecular formula is C27H21ClN6O4. The number of pyridine rings is 1. The highest BCUT2D eigenvalue weighted by atomic mass is 35.5. The van der Waals surface area contributed by atoms with Gasteiger partial charge in [-0.1, -0.05) is 29.8 Å². The third kappa shape index (κ3) is 5.21. The second-order valence-electron chi connectivity index (χ2n) is 8.66. The summed E-state index contributed by atoms with van der Waals surface area (Å²) < 4.78 is 1.46. The number of Topliss-reactive ketones (excluding diaryl/α,β-unsaturated/α-hetero) is 1. The maximum Gasteiger partial charge on any atom is 0.335 e. The molecule has 0 fully saturated rings. The summed E-state index contributed by atoms with van der Waals surface area (Å²) in [6, 6.07) is 14.0. The number of nitrogens with zero attached hydrogens (tertiary/aromatic N) is 6. The maximum absolute atomic E-state index is 13.6. The Kier molecular flexibility index (Phi) is 7.05. The minimum Gasteiger partial charge on any atom is -0.478 e. The molecule has 2 aromatic heterocycles. The number of amides is 1. The minimum atomic E-state index is -1.04. The lowest BCUT2D eigenvalue weighted by molar-refractivity contribution is -0.136. The van der Waals surface area contributed by atoms with Gasteiger partial charge in [0.2, 0.25) is 5.91 Å². The number of rotatable bonds is 7. The molecule has 11 heteroatoms. The van der Waals surface area contributed by atoms with E-state index in [0.717, 1.165) is 5.69 Å². The van der Waals surface area contributed by atoms with E-state index in [2.05, 4.69) is 20.5 Å². The minimum absolute atomic E-state index is 0.0319. The normalized spacial score (nSPS) is 14.9. The first-order valence-electron chi connectivity index (χ1n) is 11.7. The number of hydrogen-bond donors (Lipinski definition) is 1. The van der Waals surface area contributed by atoms with E-state index in [1.807, 2.05) is 6.07 Å². The average Bonchev–Trinajstić information content (AvgIpc) is 3.46. The van der Waals surface area contributed by atoms with Crippen molar-refractivity contribution in [2.24, 2.45) is 0 Å². The summed E-state index contributed by atoms with van der Waals surface area (Å²) in [7, 11) is 0. The number of aromatic carboxylic acids is 1. The van der Waals surface area contributed by atoms with E-state index in [1.54, 1.807) is 48.7 Å². The monoisotopic (exact) mass is 528 g/mol. The van der Waals surface area contributed by atoms with Crippen molar-refractivity contribution in [1.29, 1.82) is 0 Å². The van der Waals surface area contributed by atoms with Gasteiger partial charge in [0, 0.05) is 53.5 Å². The fraction of sp³-hybridized carbons (Fsp3) is 0.148. The zero-order chi connectivity index (χ0) is 26.6. The van der Waals surface area contributed by atoms with Crippen LogP contribution in [0.25, 0.3) is 11.8 Å². The fourth-order valence-corrected chi connectivity index (χ4v) is 4.66. The van der Waals surface area contributed by atoms with Gasteiger partial charge in [-0.25, -0.2) is 4.79 Å². The van der Waals surface area contributed by atoms with Crippen LogP contribution in [0.5, 0.6) is 0 Å². The van der Waals surface area contributed by atoms with Crippen LogP contribution in [-0.2, 0) is 22.4 Å². The number of ketones is 1. The van der Waals surface area contributed by atoms with E-state index in [4.69, 9.17) is 16.7 Å². The Hall–Kier alpha value is -4.70. The molecule has 0 bridgehead atoms. The highest BCUT2D eigenvalue weighted by Crippen LogP contribution is 2.31. The van der Waals surface area contributed by atoms with Crippen molar-refractivity contribution in [1.82, 2.24) is 30.1 Å². The van der Waals surface area contributed by atoms with Gasteiger partial charge in [-0.05, 0) is 58.5 Å². The molecule has 5 rings (SSSR count). The molecule has 1 aliphatic heterocycles. The van der Waals surface area contributed by atoms with Crippen LogP contribution < -0.4 is 0 Å². The Labute approximate surface area is 222 Å². The molecule has 1 unspecified atom stereocenters. The molecule has 10 nitrogen and oxygen atoms in total. The van der Waals surface area contributed by atoms with Crippen molar-refractivity contribution in [2.75, 3.05) is 6.54 Å². The number of fused-ring (bicyclic) bond motifs is 1. The van der Waals surface area contributed by atoms with Crippen LogP contribution in [-0.4, -0.2) is 59.4 Å². The van der Waals surface area contributed by atoms with Crippen LogP contribution in [0, 0.1) is 0 Å². The molecule has 190 valence electrons. The van der Waals surface area contributed by atoms with Crippen molar-refractivity contribution in [3.63, 3.8) is 0 Å². The van der Waals surface area contributed by atoms with Gasteiger partial charge in [0.1, 0.15) is 12.4 Å². The first kappa shape index (κ1) is 25.0. The van der Waals surface area contributed by atoms with Gasteiger partial charge < -0.3 is 10.0 Å². The summed E-state index contributed by atoms with van der Waals surface area (Å²) in [5, 5.41) is 20.8. The highest BCUT2D eigenvalue weighted by molar-refractivity contribution is 6.30. The molecule has 3 heterocycles. The van der Waals surface area contributed by atoms with Crippen LogP contribution in [0.15, 0.2) is 73.2 Å². The molecule has 0 radical (unpaired) electrons. The molecule has 1 atom stereocenters. The smallest absolute Gasteiger partial charge is 0.335 e. The quantitative estimate of drug-likeness (QED) is 0.361. The lowest BCUT2D eigenvalue weighted by Gasteiger charge is -2.35. The van der Waals surface area contributed by atoms with Crippen molar-refractivity contribution in [3.05, 3.63) is 106 Å². The molecule has 0 spiro atoms. The SMILES string of the molecule is O=C(O)c1ccc(CC(=O)C2c3cccnc3CCN2C(=O)/C=C/c2cc(Cl)ccc2-n2cnnn2)cc1. The van der Waals surface area contributed by atoms with Crippen LogP contribution in [0.4, 0.5) is 0 Å². The van der Waals surface area contributed by atoms with Crippen molar-refractivity contribution in [2.45, 2.75) is 18.9 Å². The average molecular weight is 529 g/mol. The number of carbonyl (C=O) groups is 3. The molecular weight excluding hydrogens is 508 g/mol. The number of benzene rings is 2. The molecule has 2 aromatic carbocycles. The number of tetrazole rings is 1. The summed E-state index contributed by atoms with van der Waals surface area (Å²) in [5.41, 5.74) is 3.51. The first-order chi connectivity index (χ1) is 18.4. The van der Waals surface area contributed by atoms with Crippen LogP contribution in [0.2, 0.25) is 5.02 Å². The topological polar surface area (TPSA) is 131 Å². The summed E-state index contributed by atoms with van der Waals surface area (Å²) in [6.45, 7) is 0.316. The van der Waals surface area contributed by atoms with Gasteiger partial charge in [-0.15, -0.1) is 5.10 Å². The van der Waals surface area contributed by atoms with E-state index in [9.17, 15) is 14.4 Å². The third-order valence-electron chi connectivity index (χ3n) is 6.28. The lowest BCUT2D eigenvalue weighted by atomic mass is 9.90. The molecule has 4 aromatic rings. The molecule has 1 amide bonds. The zero-order valence-corrected chi connectivity index (χ0v) is 20.7. The molecule has 38 heavy (non-hydrogen) atoms. The first-order valence-corrected chi connectivity index (χ1v) is 12.1. The summed E-state index contributed by atoms with van der Waals surface area (Å²) in [4.78, 5) is 44.2. The Balaban J connectivity index is 1.43. The Morgan fingerprint density at radius 2 is 1.92 bits per heavy atom. The third-order valence-corrected chi connectivity index (χ3v) is 6.51. The van der Waals surface area contributed by atoms with Crippen LogP contribution in [0.1, 0.15) is 38.8 Å². The maximum atomic E-state index is 13.6. The molecule has 0 saturated carbocycles. The van der Waals surface area contributed by atoms with E-state index < -0.39 is 12.0 Å². The highest BCUT2D eigenvalue weighted by Gasteiger charge is 2.35. The number of carboxylic acids is 1. The van der Waals surface area contributed by atoms with E-state index in [0.29, 0.717) is 40.4 Å². The Morgan fingerprint density at radius 3 is 2.66 bits per heavy atom. The van der Waals surface area contributed by atoms with Crippen molar-refractivity contribution in [3.8, 4) is 5.69 Å². The van der Waals surface area contributed by atoms with Gasteiger partial charge in [0.15, 0.2) is 5.78 Å². The van der Waals surface area contributed by atoms with E-state index in [1.165, 1.54) is 34.1 Å². The summed E-state index contributed by atoms with van der Waals surface area (Å²) in [5.74, 6) is -1.58. The lowest BCUT2D eigenvalue weighted by Crippen LogP contribution is -2.43. The molecule has 1 N–H and O–H groups in total. The van der Waals surface area contributed by atoms with Crippen molar-refractivity contribution < 1.29 is 19.5 Å². The number of carbonyl (C=O) groups excluding carboxylic acids is 2. The van der Waals surface area contributed by atoms with E-state index in [-0.39, 0.29) is 23.7 Å². The predicted octanol–water partition coefficient (Wildman–Crippen LogP) is 3.36. The Morgan fingerprint density at radius 1 is 1.11 bits per heavy atom. The summed E-state index contributed by atoms with van der Waals surface area (Å²) >= 11 is 6.19. The molecule has 0 aliphatic carbocycles. The zero-order valence-electron chi connectivity index (χ0n) is 19.9. The second kappa shape index (κ2) is 10.7. The number of carboxylic acid groups (broad SMARTS) is 1. The van der Waals surface area contributed by atoms with Crippen molar-refractivity contribution >= 4 is 35.3 Å². The van der Waals surface area contributed by atoms with Crippen LogP contribution in [0.3, 0.4) is 0 Å². The number of halogens is 1.